The van der Waals surface area contributed by atoms with Crippen molar-refractivity contribution in [2.75, 3.05) is 0 Å². The van der Waals surface area contributed by atoms with Crippen LogP contribution in [0.3, 0.4) is 0 Å². The number of benzene rings is 2. The fourth-order valence-corrected chi connectivity index (χ4v) is 3.89. The standard InChI is InChI=1S/C22H22O3S/c1-15-5-3-6-16(2)22(15)18-8-4-7-17(13-18)14-25-21-12-10-19(26-21)9-11-20(23)24/h3-8,10,12-13H,9,11,14H2,1-2H3,(H,23,24). The van der Waals surface area contributed by atoms with E-state index in [0.717, 1.165) is 15.5 Å². The Morgan fingerprint density at radius 3 is 2.50 bits per heavy atom. The third-order valence-electron chi connectivity index (χ3n) is 4.30. The lowest BCUT2D eigenvalue weighted by atomic mass is 9.95. The number of carboxylic acid groups (broad SMARTS) is 1. The summed E-state index contributed by atoms with van der Waals surface area (Å²) >= 11 is 1.51. The second-order valence-corrected chi connectivity index (χ2v) is 7.50. The molecule has 134 valence electrons. The zero-order valence-electron chi connectivity index (χ0n) is 15.0. The van der Waals surface area contributed by atoms with Gasteiger partial charge in [0.05, 0.1) is 6.42 Å². The minimum atomic E-state index is -0.774. The molecule has 3 nitrogen and oxygen atoms in total. The number of aliphatic carboxylic acids is 1. The summed E-state index contributed by atoms with van der Waals surface area (Å²) in [7, 11) is 0. The molecule has 2 aromatic carbocycles. The fraction of sp³-hybridized carbons (Fsp3) is 0.227. The van der Waals surface area contributed by atoms with Crippen molar-refractivity contribution in [3.8, 4) is 16.2 Å². The molecule has 0 bridgehead atoms. The van der Waals surface area contributed by atoms with Crippen LogP contribution < -0.4 is 4.74 Å². The van der Waals surface area contributed by atoms with E-state index in [4.69, 9.17) is 9.84 Å². The lowest BCUT2D eigenvalue weighted by Gasteiger charge is -2.11. The predicted octanol–water partition coefficient (Wildman–Crippen LogP) is 5.63. The van der Waals surface area contributed by atoms with E-state index in [-0.39, 0.29) is 6.42 Å². The van der Waals surface area contributed by atoms with E-state index in [9.17, 15) is 4.79 Å². The maximum Gasteiger partial charge on any atom is 0.303 e. The topological polar surface area (TPSA) is 46.5 Å². The zero-order valence-corrected chi connectivity index (χ0v) is 15.8. The third-order valence-corrected chi connectivity index (χ3v) is 5.36. The highest BCUT2D eigenvalue weighted by atomic mass is 32.1. The van der Waals surface area contributed by atoms with Crippen molar-refractivity contribution in [3.63, 3.8) is 0 Å². The maximum absolute atomic E-state index is 10.7. The molecule has 0 unspecified atom stereocenters. The van der Waals surface area contributed by atoms with Crippen molar-refractivity contribution in [2.45, 2.75) is 33.3 Å². The van der Waals surface area contributed by atoms with Gasteiger partial charge in [-0.1, -0.05) is 36.4 Å². The Morgan fingerprint density at radius 1 is 1.04 bits per heavy atom. The molecule has 26 heavy (non-hydrogen) atoms. The molecule has 0 radical (unpaired) electrons. The van der Waals surface area contributed by atoms with E-state index in [1.807, 2.05) is 12.1 Å². The smallest absolute Gasteiger partial charge is 0.303 e. The van der Waals surface area contributed by atoms with Crippen molar-refractivity contribution in [1.29, 1.82) is 0 Å². The number of hydrogen-bond acceptors (Lipinski definition) is 3. The lowest BCUT2D eigenvalue weighted by Crippen LogP contribution is -1.96. The van der Waals surface area contributed by atoms with Crippen molar-refractivity contribution < 1.29 is 14.6 Å². The number of hydrogen-bond donors (Lipinski definition) is 1. The van der Waals surface area contributed by atoms with Crippen LogP contribution in [0.25, 0.3) is 11.1 Å². The van der Waals surface area contributed by atoms with Crippen LogP contribution >= 0.6 is 11.3 Å². The van der Waals surface area contributed by atoms with Gasteiger partial charge in [-0.25, -0.2) is 0 Å². The summed E-state index contributed by atoms with van der Waals surface area (Å²) in [5.41, 5.74) is 6.14. The average Bonchev–Trinajstić information content (AvgIpc) is 3.06. The van der Waals surface area contributed by atoms with Crippen LogP contribution in [0.4, 0.5) is 0 Å². The summed E-state index contributed by atoms with van der Waals surface area (Å²) in [5, 5.41) is 9.59. The SMILES string of the molecule is Cc1cccc(C)c1-c1cccc(COc2ccc(CCC(=O)O)s2)c1. The first-order chi connectivity index (χ1) is 12.5. The summed E-state index contributed by atoms with van der Waals surface area (Å²) in [5.74, 6) is -0.774. The molecule has 1 heterocycles. The molecule has 0 aliphatic carbocycles. The number of ether oxygens (including phenoxy) is 1. The van der Waals surface area contributed by atoms with Crippen molar-refractivity contribution >= 4 is 17.3 Å². The first-order valence-corrected chi connectivity index (χ1v) is 9.43. The first-order valence-electron chi connectivity index (χ1n) is 8.62. The molecule has 3 rings (SSSR count). The second kappa shape index (κ2) is 8.19. The minimum Gasteiger partial charge on any atom is -0.481 e. The number of thiophene rings is 1. The van der Waals surface area contributed by atoms with Crippen LogP contribution in [0.1, 0.15) is 28.0 Å². The van der Waals surface area contributed by atoms with E-state index < -0.39 is 5.97 Å². The number of aryl methyl sites for hydroxylation is 3. The van der Waals surface area contributed by atoms with Crippen molar-refractivity contribution in [1.82, 2.24) is 0 Å². The van der Waals surface area contributed by atoms with Crippen molar-refractivity contribution in [3.05, 3.63) is 76.2 Å². The van der Waals surface area contributed by atoms with E-state index in [2.05, 4.69) is 56.3 Å². The molecule has 0 fully saturated rings. The molecule has 0 saturated heterocycles. The Hall–Kier alpha value is -2.59. The van der Waals surface area contributed by atoms with Crippen molar-refractivity contribution in [2.24, 2.45) is 0 Å². The van der Waals surface area contributed by atoms with Gasteiger partial charge in [0.2, 0.25) is 0 Å². The molecular weight excluding hydrogens is 344 g/mol. The summed E-state index contributed by atoms with van der Waals surface area (Å²) in [6.45, 7) is 4.77. The van der Waals surface area contributed by atoms with Crippen LogP contribution in [-0.2, 0) is 17.8 Å². The van der Waals surface area contributed by atoms with Crippen LogP contribution in [0.15, 0.2) is 54.6 Å². The molecule has 0 spiro atoms. The maximum atomic E-state index is 10.7. The van der Waals surface area contributed by atoms with Gasteiger partial charge in [-0.2, -0.15) is 0 Å². The third kappa shape index (κ3) is 4.52. The normalized spacial score (nSPS) is 10.7. The highest BCUT2D eigenvalue weighted by Crippen LogP contribution is 2.29. The zero-order chi connectivity index (χ0) is 18.5. The van der Waals surface area contributed by atoms with Crippen LogP contribution in [0.5, 0.6) is 5.06 Å². The van der Waals surface area contributed by atoms with Crippen LogP contribution in [0, 0.1) is 13.8 Å². The number of rotatable bonds is 7. The highest BCUT2D eigenvalue weighted by molar-refractivity contribution is 7.13. The van der Waals surface area contributed by atoms with Gasteiger partial charge in [0.25, 0.3) is 0 Å². The fourth-order valence-electron chi connectivity index (χ4n) is 3.04. The molecular formula is C22H22O3S. The second-order valence-electron chi connectivity index (χ2n) is 6.37. The van der Waals surface area contributed by atoms with Gasteiger partial charge in [-0.15, -0.1) is 11.3 Å². The van der Waals surface area contributed by atoms with Gasteiger partial charge in [0.1, 0.15) is 6.61 Å². The number of carboxylic acids is 1. The average molecular weight is 366 g/mol. The minimum absolute atomic E-state index is 0.151. The first kappa shape index (κ1) is 18.2. The van der Waals surface area contributed by atoms with E-state index in [0.29, 0.717) is 13.0 Å². The summed E-state index contributed by atoms with van der Waals surface area (Å²) in [6, 6.07) is 18.6. The molecule has 1 N–H and O–H groups in total. The van der Waals surface area contributed by atoms with E-state index in [1.165, 1.54) is 33.6 Å². The van der Waals surface area contributed by atoms with Crippen LogP contribution in [-0.4, -0.2) is 11.1 Å². The van der Waals surface area contributed by atoms with Gasteiger partial charge in [0, 0.05) is 4.88 Å². The Bertz CT molecular complexity index is 891. The molecule has 0 aliphatic rings. The lowest BCUT2D eigenvalue weighted by molar-refractivity contribution is -0.136. The summed E-state index contributed by atoms with van der Waals surface area (Å²) in [4.78, 5) is 11.7. The van der Waals surface area contributed by atoms with Gasteiger partial charge in [-0.05, 0) is 66.3 Å². The summed E-state index contributed by atoms with van der Waals surface area (Å²) < 4.78 is 5.90. The van der Waals surface area contributed by atoms with Gasteiger partial charge in [-0.3, -0.25) is 4.79 Å². The number of carbonyl (C=O) groups is 1. The summed E-state index contributed by atoms with van der Waals surface area (Å²) in [6.07, 6.45) is 0.698. The molecule has 4 heteroatoms. The van der Waals surface area contributed by atoms with Gasteiger partial charge < -0.3 is 9.84 Å². The molecule has 0 amide bonds. The van der Waals surface area contributed by atoms with Gasteiger partial charge >= 0.3 is 5.97 Å². The van der Waals surface area contributed by atoms with E-state index in [1.54, 1.807) is 0 Å². The molecule has 1 aromatic heterocycles. The Labute approximate surface area is 157 Å². The molecule has 0 atom stereocenters. The quantitative estimate of drug-likeness (QED) is 0.589. The highest BCUT2D eigenvalue weighted by Gasteiger charge is 2.07. The van der Waals surface area contributed by atoms with Crippen LogP contribution in [0.2, 0.25) is 0 Å². The molecule has 3 aromatic rings. The largest absolute Gasteiger partial charge is 0.481 e. The van der Waals surface area contributed by atoms with Gasteiger partial charge in [0.15, 0.2) is 5.06 Å². The Balaban J connectivity index is 1.69. The van der Waals surface area contributed by atoms with E-state index >= 15 is 0 Å². The molecule has 0 saturated carbocycles. The predicted molar refractivity (Wildman–Crippen MR) is 106 cm³/mol. The Kier molecular flexibility index (Phi) is 5.74. The monoisotopic (exact) mass is 366 g/mol. The Morgan fingerprint density at radius 2 is 1.77 bits per heavy atom. The molecule has 0 aliphatic heterocycles.